The number of carbonyl (C=O) groups excluding carboxylic acids is 1. The number of hydrogen-bond acceptors (Lipinski definition) is 2. The largest absolute Gasteiger partial charge is 0.372 e. The average Bonchev–Trinajstić information content (AvgIpc) is 2.76. The van der Waals surface area contributed by atoms with Gasteiger partial charge in [-0.3, -0.25) is 4.79 Å². The van der Waals surface area contributed by atoms with Crippen LogP contribution in [0.5, 0.6) is 0 Å². The number of ether oxygens (including phenoxy) is 1. The Morgan fingerprint density at radius 2 is 2.25 bits per heavy atom. The predicted octanol–water partition coefficient (Wildman–Crippen LogP) is 1.56. The van der Waals surface area contributed by atoms with Crippen molar-refractivity contribution in [2.75, 3.05) is 6.54 Å². The van der Waals surface area contributed by atoms with E-state index in [2.05, 4.69) is 30.1 Å². The summed E-state index contributed by atoms with van der Waals surface area (Å²) in [6.45, 7) is 5.48. The van der Waals surface area contributed by atoms with Crippen LogP contribution in [0, 0.1) is 0 Å². The molecular weight excluding hydrogens is 202 g/mol. The molecule has 1 aliphatic rings. The zero-order valence-corrected chi connectivity index (χ0v) is 9.16. The summed E-state index contributed by atoms with van der Waals surface area (Å²) in [4.78, 5) is 10.9. The van der Waals surface area contributed by atoms with Gasteiger partial charge in [0, 0.05) is 6.54 Å². The molecule has 0 bridgehead atoms. The van der Waals surface area contributed by atoms with Gasteiger partial charge in [-0.05, 0) is 29.2 Å². The van der Waals surface area contributed by atoms with Crippen molar-refractivity contribution in [2.45, 2.75) is 19.6 Å². The molecular formula is C13H15NO2. The van der Waals surface area contributed by atoms with Crippen LogP contribution < -0.4 is 5.32 Å². The summed E-state index contributed by atoms with van der Waals surface area (Å²) in [6, 6.07) is 6.35. The molecule has 3 nitrogen and oxygen atoms in total. The van der Waals surface area contributed by atoms with Crippen molar-refractivity contribution in [3.63, 3.8) is 0 Å². The number of nitrogens with one attached hydrogen (secondary N) is 1. The average molecular weight is 217 g/mol. The molecule has 0 spiro atoms. The Morgan fingerprint density at radius 1 is 1.44 bits per heavy atom. The maximum Gasteiger partial charge on any atom is 0.243 e. The van der Waals surface area contributed by atoms with Crippen LogP contribution in [0.4, 0.5) is 0 Å². The minimum Gasteiger partial charge on any atom is -0.372 e. The fourth-order valence-electron chi connectivity index (χ4n) is 1.78. The number of benzene rings is 1. The molecule has 0 saturated carbocycles. The van der Waals surface area contributed by atoms with E-state index in [1.807, 2.05) is 0 Å². The molecule has 0 atom stereocenters. The molecule has 2 rings (SSSR count). The first kappa shape index (κ1) is 10.9. The Labute approximate surface area is 95.1 Å². The van der Waals surface area contributed by atoms with Crippen LogP contribution in [0.2, 0.25) is 0 Å². The van der Waals surface area contributed by atoms with Gasteiger partial charge in [-0.15, -0.1) is 0 Å². The number of rotatable bonds is 4. The molecule has 1 aromatic carbocycles. The van der Waals surface area contributed by atoms with Crippen LogP contribution in [0.3, 0.4) is 0 Å². The Balaban J connectivity index is 1.90. The Bertz CT molecular complexity index is 412. The molecule has 0 radical (unpaired) electrons. The third kappa shape index (κ3) is 2.49. The lowest BCUT2D eigenvalue weighted by Gasteiger charge is -2.04. The fourth-order valence-corrected chi connectivity index (χ4v) is 1.78. The monoisotopic (exact) mass is 217 g/mol. The maximum atomic E-state index is 10.9. The van der Waals surface area contributed by atoms with Gasteiger partial charge in [-0.1, -0.05) is 24.8 Å². The highest BCUT2D eigenvalue weighted by atomic mass is 16.5. The van der Waals surface area contributed by atoms with Crippen molar-refractivity contribution in [3.8, 4) is 0 Å². The summed E-state index contributed by atoms with van der Waals surface area (Å²) in [5.41, 5.74) is 3.78. The van der Waals surface area contributed by atoms with Crippen molar-refractivity contribution in [1.29, 1.82) is 0 Å². The summed E-state index contributed by atoms with van der Waals surface area (Å²) in [7, 11) is 0. The molecule has 0 unspecified atom stereocenters. The summed E-state index contributed by atoms with van der Waals surface area (Å²) < 4.78 is 5.35. The van der Waals surface area contributed by atoms with Gasteiger partial charge in [0.15, 0.2) is 0 Å². The second kappa shape index (κ2) is 4.94. The molecule has 16 heavy (non-hydrogen) atoms. The van der Waals surface area contributed by atoms with Gasteiger partial charge in [-0.2, -0.15) is 0 Å². The molecule has 1 heterocycles. The fraction of sp³-hybridized carbons (Fsp3) is 0.308. The van der Waals surface area contributed by atoms with Crippen LogP contribution in [0.15, 0.2) is 30.9 Å². The lowest BCUT2D eigenvalue weighted by atomic mass is 10.0. The Kier molecular flexibility index (Phi) is 3.37. The first-order valence-electron chi connectivity index (χ1n) is 5.38. The minimum absolute atomic E-state index is 0.121. The maximum absolute atomic E-state index is 10.9. The molecule has 0 aliphatic carbocycles. The van der Waals surface area contributed by atoms with E-state index in [1.165, 1.54) is 22.8 Å². The van der Waals surface area contributed by atoms with E-state index in [0.29, 0.717) is 13.2 Å². The summed E-state index contributed by atoms with van der Waals surface area (Å²) in [5.74, 6) is -0.121. The van der Waals surface area contributed by atoms with E-state index in [-0.39, 0.29) is 5.91 Å². The van der Waals surface area contributed by atoms with Crippen molar-refractivity contribution in [2.24, 2.45) is 0 Å². The molecule has 84 valence electrons. The van der Waals surface area contributed by atoms with E-state index < -0.39 is 0 Å². The van der Waals surface area contributed by atoms with Gasteiger partial charge >= 0.3 is 0 Å². The summed E-state index contributed by atoms with van der Waals surface area (Å²) in [5, 5.41) is 2.76. The molecule has 1 aliphatic heterocycles. The zero-order chi connectivity index (χ0) is 11.4. The van der Waals surface area contributed by atoms with Gasteiger partial charge < -0.3 is 10.1 Å². The highest BCUT2D eigenvalue weighted by Crippen LogP contribution is 2.20. The van der Waals surface area contributed by atoms with E-state index in [0.717, 1.165) is 13.0 Å². The van der Waals surface area contributed by atoms with Crippen LogP contribution >= 0.6 is 0 Å². The van der Waals surface area contributed by atoms with Crippen LogP contribution in [0.25, 0.3) is 0 Å². The molecule has 1 amide bonds. The van der Waals surface area contributed by atoms with Crippen LogP contribution in [-0.2, 0) is 29.2 Å². The molecule has 1 N–H and O–H groups in total. The number of fused-ring (bicyclic) bond motifs is 1. The molecule has 3 heteroatoms. The third-order valence-corrected chi connectivity index (χ3v) is 2.68. The van der Waals surface area contributed by atoms with Gasteiger partial charge in [0.2, 0.25) is 5.91 Å². The van der Waals surface area contributed by atoms with Crippen molar-refractivity contribution < 1.29 is 9.53 Å². The molecule has 0 aromatic heterocycles. The predicted molar refractivity (Wildman–Crippen MR) is 61.8 cm³/mol. The van der Waals surface area contributed by atoms with E-state index >= 15 is 0 Å². The van der Waals surface area contributed by atoms with Crippen LogP contribution in [0.1, 0.15) is 16.7 Å². The standard InChI is InChI=1S/C13H15NO2/c1-2-13(15)14-6-5-10-3-4-11-8-16-9-12(11)7-10/h2-4,7H,1,5-6,8-9H2,(H,14,15). The summed E-state index contributed by atoms with van der Waals surface area (Å²) >= 11 is 0. The van der Waals surface area contributed by atoms with Crippen molar-refractivity contribution >= 4 is 5.91 Å². The first-order valence-corrected chi connectivity index (χ1v) is 5.38. The lowest BCUT2D eigenvalue weighted by molar-refractivity contribution is -0.116. The highest BCUT2D eigenvalue weighted by molar-refractivity contribution is 5.86. The van der Waals surface area contributed by atoms with E-state index in [1.54, 1.807) is 0 Å². The van der Waals surface area contributed by atoms with Gasteiger partial charge in [-0.25, -0.2) is 0 Å². The Hall–Kier alpha value is -1.61. The second-order valence-electron chi connectivity index (χ2n) is 3.84. The first-order chi connectivity index (χ1) is 7.79. The topological polar surface area (TPSA) is 38.3 Å². The molecule has 0 saturated heterocycles. The van der Waals surface area contributed by atoms with Crippen LogP contribution in [-0.4, -0.2) is 12.5 Å². The Morgan fingerprint density at radius 3 is 3.06 bits per heavy atom. The van der Waals surface area contributed by atoms with Crippen molar-refractivity contribution in [1.82, 2.24) is 5.32 Å². The SMILES string of the molecule is C=CC(=O)NCCc1ccc2c(c1)COC2. The minimum atomic E-state index is -0.121. The summed E-state index contributed by atoms with van der Waals surface area (Å²) in [6.07, 6.45) is 2.13. The molecule has 0 fully saturated rings. The van der Waals surface area contributed by atoms with E-state index in [9.17, 15) is 4.79 Å². The van der Waals surface area contributed by atoms with E-state index in [4.69, 9.17) is 4.74 Å². The number of carbonyl (C=O) groups is 1. The van der Waals surface area contributed by atoms with Gasteiger partial charge in [0.25, 0.3) is 0 Å². The number of amides is 1. The lowest BCUT2D eigenvalue weighted by Crippen LogP contribution is -2.23. The van der Waals surface area contributed by atoms with Crippen molar-refractivity contribution in [3.05, 3.63) is 47.5 Å². The zero-order valence-electron chi connectivity index (χ0n) is 9.16. The normalized spacial score (nSPS) is 13.2. The third-order valence-electron chi connectivity index (χ3n) is 2.68. The second-order valence-corrected chi connectivity index (χ2v) is 3.84. The highest BCUT2D eigenvalue weighted by Gasteiger charge is 2.10. The smallest absolute Gasteiger partial charge is 0.243 e. The quantitative estimate of drug-likeness (QED) is 0.777. The van der Waals surface area contributed by atoms with Gasteiger partial charge in [0.1, 0.15) is 0 Å². The molecule has 1 aromatic rings. The number of hydrogen-bond donors (Lipinski definition) is 1. The van der Waals surface area contributed by atoms with Gasteiger partial charge in [0.05, 0.1) is 13.2 Å².